The molecule has 1 atom stereocenters. The summed E-state index contributed by atoms with van der Waals surface area (Å²) in [5.41, 5.74) is 0.321. The van der Waals surface area contributed by atoms with Crippen molar-refractivity contribution in [1.82, 2.24) is 5.32 Å². The zero-order valence-electron chi connectivity index (χ0n) is 15.3. The molecule has 0 aliphatic rings. The molecule has 0 saturated heterocycles. The summed E-state index contributed by atoms with van der Waals surface area (Å²) in [7, 11) is 0. The predicted octanol–water partition coefficient (Wildman–Crippen LogP) is 3.68. The molecule has 0 aliphatic heterocycles. The molecule has 0 aliphatic carbocycles. The molecule has 8 nitrogen and oxygen atoms in total. The van der Waals surface area contributed by atoms with Gasteiger partial charge in [0.25, 0.3) is 5.91 Å². The lowest BCUT2D eigenvalue weighted by molar-refractivity contribution is -0.385. The van der Waals surface area contributed by atoms with Crippen LogP contribution in [0.2, 0.25) is 5.02 Å². The van der Waals surface area contributed by atoms with E-state index >= 15 is 0 Å². The van der Waals surface area contributed by atoms with E-state index in [4.69, 9.17) is 21.1 Å². The summed E-state index contributed by atoms with van der Waals surface area (Å²) >= 11 is 6.08. The number of hydrogen-bond donors (Lipinski definition) is 1. The second-order valence-electron chi connectivity index (χ2n) is 5.76. The van der Waals surface area contributed by atoms with Crippen molar-refractivity contribution < 1.29 is 24.0 Å². The molecule has 9 heteroatoms. The monoisotopic (exact) mass is 406 g/mol. The highest BCUT2D eigenvalue weighted by Crippen LogP contribution is 2.28. The van der Waals surface area contributed by atoms with Crippen molar-refractivity contribution in [3.63, 3.8) is 0 Å². The number of hydrogen-bond acceptors (Lipinski definition) is 6. The molecule has 148 valence electrons. The number of nitro groups is 1. The summed E-state index contributed by atoms with van der Waals surface area (Å²) in [5.74, 6) is -1.33. The first kappa shape index (κ1) is 21.2. The maximum atomic E-state index is 12.1. The van der Waals surface area contributed by atoms with E-state index in [0.717, 1.165) is 11.6 Å². The van der Waals surface area contributed by atoms with Crippen molar-refractivity contribution in [2.24, 2.45) is 0 Å². The fourth-order valence-corrected chi connectivity index (χ4v) is 2.77. The van der Waals surface area contributed by atoms with Crippen LogP contribution in [-0.2, 0) is 9.53 Å². The van der Waals surface area contributed by atoms with Crippen molar-refractivity contribution in [2.75, 3.05) is 13.2 Å². The third-order valence-electron chi connectivity index (χ3n) is 3.77. The topological polar surface area (TPSA) is 108 Å². The molecule has 0 unspecified atom stereocenters. The van der Waals surface area contributed by atoms with Crippen LogP contribution in [0.3, 0.4) is 0 Å². The third-order valence-corrected chi connectivity index (χ3v) is 4.12. The number of amides is 1. The van der Waals surface area contributed by atoms with Crippen molar-refractivity contribution in [2.45, 2.75) is 19.9 Å². The standard InChI is InChI=1S/C19H19ClN2O6/c1-3-27-17-9-8-13(10-16(17)22(25)26)19(24)28-11-18(23)21-12(2)14-6-4-5-7-15(14)20/h4-10,12H,3,11H2,1-2H3,(H,21,23)/t12-/m0/s1. The summed E-state index contributed by atoms with van der Waals surface area (Å²) in [6.45, 7) is 3.15. The second kappa shape index (κ2) is 9.70. The summed E-state index contributed by atoms with van der Waals surface area (Å²) in [4.78, 5) is 34.6. The normalized spacial score (nSPS) is 11.4. The minimum atomic E-state index is -0.855. The van der Waals surface area contributed by atoms with Gasteiger partial charge in [-0.1, -0.05) is 29.8 Å². The highest BCUT2D eigenvalue weighted by atomic mass is 35.5. The van der Waals surface area contributed by atoms with E-state index in [-0.39, 0.29) is 29.6 Å². The van der Waals surface area contributed by atoms with Crippen molar-refractivity contribution >= 4 is 29.2 Å². The smallest absolute Gasteiger partial charge is 0.338 e. The van der Waals surface area contributed by atoms with E-state index in [2.05, 4.69) is 5.32 Å². The Bertz CT molecular complexity index is 886. The van der Waals surface area contributed by atoms with E-state index in [0.29, 0.717) is 5.02 Å². The van der Waals surface area contributed by atoms with Gasteiger partial charge in [0, 0.05) is 11.1 Å². The van der Waals surface area contributed by atoms with Gasteiger partial charge in [-0.25, -0.2) is 4.79 Å². The van der Waals surface area contributed by atoms with Crippen molar-refractivity contribution in [1.29, 1.82) is 0 Å². The van der Waals surface area contributed by atoms with Crippen LogP contribution in [0, 0.1) is 10.1 Å². The van der Waals surface area contributed by atoms with E-state index in [1.54, 1.807) is 38.1 Å². The van der Waals surface area contributed by atoms with Crippen molar-refractivity contribution in [3.8, 4) is 5.75 Å². The molecule has 2 aromatic carbocycles. The highest BCUT2D eigenvalue weighted by Gasteiger charge is 2.20. The molecule has 28 heavy (non-hydrogen) atoms. The average molecular weight is 407 g/mol. The predicted molar refractivity (Wildman–Crippen MR) is 103 cm³/mol. The minimum Gasteiger partial charge on any atom is -0.487 e. The Balaban J connectivity index is 1.98. The molecule has 0 spiro atoms. The van der Waals surface area contributed by atoms with E-state index < -0.39 is 23.4 Å². The van der Waals surface area contributed by atoms with Crippen LogP contribution in [0.5, 0.6) is 5.75 Å². The molecule has 0 bridgehead atoms. The lowest BCUT2D eigenvalue weighted by Crippen LogP contribution is -2.31. The van der Waals surface area contributed by atoms with Gasteiger partial charge in [0.1, 0.15) is 0 Å². The van der Waals surface area contributed by atoms with Crippen LogP contribution in [0.4, 0.5) is 5.69 Å². The number of carbonyl (C=O) groups excluding carboxylic acids is 2. The molecule has 1 amide bonds. The largest absolute Gasteiger partial charge is 0.487 e. The quantitative estimate of drug-likeness (QED) is 0.407. The number of esters is 1. The lowest BCUT2D eigenvalue weighted by atomic mass is 10.1. The van der Waals surface area contributed by atoms with Gasteiger partial charge in [-0.2, -0.15) is 0 Å². The van der Waals surface area contributed by atoms with Crippen LogP contribution >= 0.6 is 11.6 Å². The number of carbonyl (C=O) groups is 2. The van der Waals surface area contributed by atoms with Gasteiger partial charge >= 0.3 is 11.7 Å². The summed E-state index contributed by atoms with van der Waals surface area (Å²) in [6, 6.07) is 10.4. The molecule has 0 heterocycles. The molecular weight excluding hydrogens is 388 g/mol. The Morgan fingerprint density at radius 2 is 1.96 bits per heavy atom. The highest BCUT2D eigenvalue weighted by molar-refractivity contribution is 6.31. The Morgan fingerprint density at radius 1 is 1.25 bits per heavy atom. The Hall–Kier alpha value is -3.13. The Morgan fingerprint density at radius 3 is 2.61 bits per heavy atom. The van der Waals surface area contributed by atoms with Gasteiger partial charge in [-0.05, 0) is 37.6 Å². The number of nitro benzene ring substituents is 1. The van der Waals surface area contributed by atoms with E-state index in [1.165, 1.54) is 12.1 Å². The van der Waals surface area contributed by atoms with Crippen LogP contribution in [0.25, 0.3) is 0 Å². The molecule has 1 N–H and O–H groups in total. The van der Waals surface area contributed by atoms with Crippen LogP contribution in [0.1, 0.15) is 35.8 Å². The number of nitrogens with one attached hydrogen (secondary N) is 1. The second-order valence-corrected chi connectivity index (χ2v) is 6.17. The van der Waals surface area contributed by atoms with Gasteiger partial charge in [0.2, 0.25) is 0 Å². The molecule has 0 saturated carbocycles. The van der Waals surface area contributed by atoms with Gasteiger partial charge in [0.15, 0.2) is 12.4 Å². The first-order chi connectivity index (χ1) is 13.3. The van der Waals surface area contributed by atoms with Crippen molar-refractivity contribution in [3.05, 3.63) is 68.7 Å². The fourth-order valence-electron chi connectivity index (χ4n) is 2.47. The van der Waals surface area contributed by atoms with Gasteiger partial charge in [-0.3, -0.25) is 14.9 Å². The third kappa shape index (κ3) is 5.43. The molecule has 0 radical (unpaired) electrons. The van der Waals surface area contributed by atoms with Crippen LogP contribution in [0.15, 0.2) is 42.5 Å². The summed E-state index contributed by atoms with van der Waals surface area (Å²) < 4.78 is 10.1. The first-order valence-corrected chi connectivity index (χ1v) is 8.83. The van der Waals surface area contributed by atoms with Gasteiger partial charge in [-0.15, -0.1) is 0 Å². The van der Waals surface area contributed by atoms with Gasteiger partial charge in [0.05, 0.1) is 23.1 Å². The lowest BCUT2D eigenvalue weighted by Gasteiger charge is -2.15. The summed E-state index contributed by atoms with van der Waals surface area (Å²) in [6.07, 6.45) is 0. The minimum absolute atomic E-state index is 0.0513. The fraction of sp³-hybridized carbons (Fsp3) is 0.263. The van der Waals surface area contributed by atoms with Crippen LogP contribution in [-0.4, -0.2) is 30.0 Å². The first-order valence-electron chi connectivity index (χ1n) is 8.45. The van der Waals surface area contributed by atoms with Gasteiger partial charge < -0.3 is 14.8 Å². The Kier molecular flexibility index (Phi) is 7.34. The molecule has 2 rings (SSSR count). The summed E-state index contributed by atoms with van der Waals surface area (Å²) in [5, 5.41) is 14.3. The molecular formula is C19H19ClN2O6. The number of nitrogens with zero attached hydrogens (tertiary/aromatic N) is 1. The molecule has 2 aromatic rings. The zero-order chi connectivity index (χ0) is 20.7. The average Bonchev–Trinajstić information content (AvgIpc) is 2.66. The van der Waals surface area contributed by atoms with E-state index in [1.807, 2.05) is 0 Å². The number of ether oxygens (including phenoxy) is 2. The molecule has 0 fully saturated rings. The van der Waals surface area contributed by atoms with E-state index in [9.17, 15) is 19.7 Å². The van der Waals surface area contributed by atoms with Crippen LogP contribution < -0.4 is 10.1 Å². The maximum Gasteiger partial charge on any atom is 0.338 e. The SMILES string of the molecule is CCOc1ccc(C(=O)OCC(=O)N[C@@H](C)c2ccccc2Cl)cc1[N+](=O)[O-]. The zero-order valence-corrected chi connectivity index (χ0v) is 16.1. The Labute approximate surface area is 166 Å². The maximum absolute atomic E-state index is 12.1. The number of benzene rings is 2. The number of halogens is 1. The molecule has 0 aromatic heterocycles. The number of rotatable bonds is 8.